The van der Waals surface area contributed by atoms with Crippen molar-refractivity contribution in [2.75, 3.05) is 45.8 Å². The first-order valence-corrected chi connectivity index (χ1v) is 10.3. The van der Waals surface area contributed by atoms with Crippen molar-refractivity contribution >= 4 is 27.3 Å². The second-order valence-corrected chi connectivity index (χ2v) is 8.61. The predicted octanol–water partition coefficient (Wildman–Crippen LogP) is 1.31. The molecule has 1 aliphatic heterocycles. The summed E-state index contributed by atoms with van der Waals surface area (Å²) in [4.78, 5) is 16.3. The summed E-state index contributed by atoms with van der Waals surface area (Å²) in [6, 6.07) is 3.37. The van der Waals surface area contributed by atoms with Crippen LogP contribution in [0.4, 0.5) is 0 Å². The zero-order valence-corrected chi connectivity index (χ0v) is 15.4. The number of rotatable bonds is 7. The average Bonchev–Trinajstić information content (AvgIpc) is 3.11. The van der Waals surface area contributed by atoms with Crippen LogP contribution < -0.4 is 0 Å². The zero-order chi connectivity index (χ0) is 16.9. The molecule has 1 aliphatic rings. The fourth-order valence-corrected chi connectivity index (χ4v) is 5.23. The van der Waals surface area contributed by atoms with E-state index in [1.54, 1.807) is 22.4 Å². The Morgan fingerprint density at radius 1 is 1.22 bits per heavy atom. The molecule has 0 saturated carbocycles. The zero-order valence-electron chi connectivity index (χ0n) is 13.8. The molecule has 0 spiro atoms. The highest BCUT2D eigenvalue weighted by Gasteiger charge is 2.30. The third-order valence-electron chi connectivity index (χ3n) is 4.22. The molecule has 6 nitrogen and oxygen atoms in total. The lowest BCUT2D eigenvalue weighted by atomic mass is 10.3. The van der Waals surface area contributed by atoms with E-state index < -0.39 is 10.0 Å². The smallest absolute Gasteiger partial charge is 0.252 e. The van der Waals surface area contributed by atoms with E-state index >= 15 is 0 Å². The van der Waals surface area contributed by atoms with Crippen molar-refractivity contribution < 1.29 is 13.2 Å². The first kappa shape index (κ1) is 18.4. The van der Waals surface area contributed by atoms with Gasteiger partial charge in [-0.1, -0.05) is 19.9 Å². The molecule has 0 radical (unpaired) electrons. The molecule has 2 heterocycles. The highest BCUT2D eigenvalue weighted by molar-refractivity contribution is 7.91. The van der Waals surface area contributed by atoms with E-state index in [9.17, 15) is 13.2 Å². The molecule has 2 rings (SSSR count). The van der Waals surface area contributed by atoms with Crippen molar-refractivity contribution in [2.45, 2.75) is 24.5 Å². The van der Waals surface area contributed by atoms with Gasteiger partial charge in [0.15, 0.2) is 0 Å². The van der Waals surface area contributed by atoms with Crippen LogP contribution in [0, 0.1) is 0 Å². The molecule has 0 unspecified atom stereocenters. The highest BCUT2D eigenvalue weighted by atomic mass is 32.2. The quantitative estimate of drug-likeness (QED) is 0.736. The number of amides is 1. The fourth-order valence-electron chi connectivity index (χ4n) is 2.67. The van der Waals surface area contributed by atoms with E-state index in [-0.39, 0.29) is 5.91 Å². The number of thiophene rings is 1. The first-order valence-electron chi connectivity index (χ1n) is 8.02. The molecule has 1 aromatic heterocycles. The van der Waals surface area contributed by atoms with Gasteiger partial charge in [0.25, 0.3) is 10.0 Å². The monoisotopic (exact) mass is 359 g/mol. The Kier molecular flexibility index (Phi) is 6.58. The molecule has 1 fully saturated rings. The summed E-state index contributed by atoms with van der Waals surface area (Å²) in [7, 11) is -3.40. The summed E-state index contributed by atoms with van der Waals surface area (Å²) in [5.41, 5.74) is 0. The van der Waals surface area contributed by atoms with Gasteiger partial charge in [0, 0.05) is 39.1 Å². The molecule has 0 aliphatic carbocycles. The van der Waals surface area contributed by atoms with E-state index in [0.717, 1.165) is 19.6 Å². The minimum absolute atomic E-state index is 0.116. The molecule has 23 heavy (non-hydrogen) atoms. The number of nitrogens with zero attached hydrogens (tertiary/aromatic N) is 3. The van der Waals surface area contributed by atoms with E-state index in [1.807, 2.05) is 0 Å². The van der Waals surface area contributed by atoms with Gasteiger partial charge in [0.1, 0.15) is 4.21 Å². The Bertz CT molecular complexity index is 589. The molecular weight excluding hydrogens is 334 g/mol. The van der Waals surface area contributed by atoms with Crippen LogP contribution in [0.5, 0.6) is 0 Å². The van der Waals surface area contributed by atoms with Gasteiger partial charge in [0.2, 0.25) is 5.91 Å². The summed E-state index contributed by atoms with van der Waals surface area (Å²) in [5.74, 6) is 0.116. The van der Waals surface area contributed by atoms with Crippen molar-refractivity contribution in [3.8, 4) is 0 Å². The molecule has 1 amide bonds. The second-order valence-electron chi connectivity index (χ2n) is 5.49. The Morgan fingerprint density at radius 2 is 1.87 bits per heavy atom. The maximum atomic E-state index is 12.4. The normalized spacial score (nSPS) is 16.9. The van der Waals surface area contributed by atoms with Crippen LogP contribution in [-0.4, -0.2) is 74.2 Å². The first-order chi connectivity index (χ1) is 11.0. The number of hydrogen-bond acceptors (Lipinski definition) is 5. The van der Waals surface area contributed by atoms with Gasteiger partial charge >= 0.3 is 0 Å². The number of piperazine rings is 1. The van der Waals surface area contributed by atoms with E-state index in [1.165, 1.54) is 15.6 Å². The Balaban J connectivity index is 1.85. The van der Waals surface area contributed by atoms with Crippen LogP contribution in [0.2, 0.25) is 0 Å². The van der Waals surface area contributed by atoms with Crippen molar-refractivity contribution in [2.24, 2.45) is 0 Å². The number of hydrogen-bond donors (Lipinski definition) is 0. The van der Waals surface area contributed by atoms with Gasteiger partial charge in [-0.05, 0) is 24.5 Å². The number of carbonyl (C=O) groups is 1. The molecule has 0 atom stereocenters. The van der Waals surface area contributed by atoms with Crippen LogP contribution in [-0.2, 0) is 14.8 Å². The van der Waals surface area contributed by atoms with Gasteiger partial charge < -0.3 is 9.80 Å². The molecule has 130 valence electrons. The molecule has 8 heteroatoms. The van der Waals surface area contributed by atoms with Crippen molar-refractivity contribution in [1.82, 2.24) is 14.1 Å². The van der Waals surface area contributed by atoms with Crippen molar-refractivity contribution in [3.63, 3.8) is 0 Å². The van der Waals surface area contributed by atoms with Crippen LogP contribution in [0.25, 0.3) is 0 Å². The SMILES string of the molecule is CCN(CC)CCC(=O)N1CCN(S(=O)(=O)c2cccs2)CC1. The molecule has 1 aromatic rings. The van der Waals surface area contributed by atoms with Gasteiger partial charge in [0.05, 0.1) is 0 Å². The van der Waals surface area contributed by atoms with Gasteiger partial charge in [-0.2, -0.15) is 4.31 Å². The summed E-state index contributed by atoms with van der Waals surface area (Å²) in [6.45, 7) is 8.51. The van der Waals surface area contributed by atoms with E-state index in [4.69, 9.17) is 0 Å². The fraction of sp³-hybridized carbons (Fsp3) is 0.667. The van der Waals surface area contributed by atoms with Gasteiger partial charge in [-0.3, -0.25) is 4.79 Å². The average molecular weight is 360 g/mol. The minimum Gasteiger partial charge on any atom is -0.340 e. The van der Waals surface area contributed by atoms with Gasteiger partial charge in [-0.15, -0.1) is 11.3 Å². The highest BCUT2D eigenvalue weighted by Crippen LogP contribution is 2.22. The molecule has 0 N–H and O–H groups in total. The van der Waals surface area contributed by atoms with Crippen LogP contribution >= 0.6 is 11.3 Å². The van der Waals surface area contributed by atoms with Crippen LogP contribution in [0.1, 0.15) is 20.3 Å². The Labute approximate surface area is 142 Å². The molecule has 0 bridgehead atoms. The third kappa shape index (κ3) is 4.53. The summed E-state index contributed by atoms with van der Waals surface area (Å²) >= 11 is 1.23. The summed E-state index contributed by atoms with van der Waals surface area (Å²) in [6.07, 6.45) is 0.499. The van der Waals surface area contributed by atoms with E-state index in [0.29, 0.717) is 36.8 Å². The largest absolute Gasteiger partial charge is 0.340 e. The lowest BCUT2D eigenvalue weighted by Gasteiger charge is -2.34. The standard InChI is InChI=1S/C15H25N3O3S2/c1-3-16(4-2)8-7-14(19)17-9-11-18(12-10-17)23(20,21)15-6-5-13-22-15/h5-6,13H,3-4,7-12H2,1-2H3. The van der Waals surface area contributed by atoms with Crippen LogP contribution in [0.15, 0.2) is 21.7 Å². The Hall–Kier alpha value is -0.960. The lowest BCUT2D eigenvalue weighted by Crippen LogP contribution is -2.50. The number of carbonyl (C=O) groups excluding carboxylic acids is 1. The molecule has 0 aromatic carbocycles. The maximum absolute atomic E-state index is 12.4. The van der Waals surface area contributed by atoms with E-state index in [2.05, 4.69) is 18.7 Å². The second kappa shape index (κ2) is 8.23. The van der Waals surface area contributed by atoms with Gasteiger partial charge in [-0.25, -0.2) is 8.42 Å². The Morgan fingerprint density at radius 3 is 2.39 bits per heavy atom. The van der Waals surface area contributed by atoms with Crippen LogP contribution in [0.3, 0.4) is 0 Å². The minimum atomic E-state index is -3.40. The number of sulfonamides is 1. The predicted molar refractivity (Wildman–Crippen MR) is 92.1 cm³/mol. The molecule has 1 saturated heterocycles. The van der Waals surface area contributed by atoms with Crippen molar-refractivity contribution in [3.05, 3.63) is 17.5 Å². The summed E-state index contributed by atoms with van der Waals surface area (Å²) in [5, 5.41) is 1.76. The third-order valence-corrected chi connectivity index (χ3v) is 7.49. The molecular formula is C15H25N3O3S2. The maximum Gasteiger partial charge on any atom is 0.252 e. The lowest BCUT2D eigenvalue weighted by molar-refractivity contribution is -0.132. The topological polar surface area (TPSA) is 60.9 Å². The summed E-state index contributed by atoms with van der Waals surface area (Å²) < 4.78 is 26.7. The van der Waals surface area contributed by atoms with Crippen molar-refractivity contribution in [1.29, 1.82) is 0 Å².